The number of amides is 2. The topological polar surface area (TPSA) is 90.9 Å². The Hall–Kier alpha value is -2.00. The molecule has 0 bridgehead atoms. The first-order valence-electron chi connectivity index (χ1n) is 10.9. The summed E-state index contributed by atoms with van der Waals surface area (Å²) < 4.78 is 26.9. The fraction of sp³-hybridized carbons (Fsp3) is 0.667. The van der Waals surface area contributed by atoms with Gasteiger partial charge in [-0.25, -0.2) is 8.42 Å². The minimum absolute atomic E-state index is 0.0985. The molecule has 2 amide bonds. The second-order valence-corrected chi connectivity index (χ2v) is 10.4. The first kappa shape index (κ1) is 21.2. The number of carbonyl (C=O) groups is 2. The third-order valence-electron chi connectivity index (χ3n) is 6.68. The third-order valence-corrected chi connectivity index (χ3v) is 8.56. The summed E-state index contributed by atoms with van der Waals surface area (Å²) in [7, 11) is -3.56. The fourth-order valence-electron chi connectivity index (χ4n) is 4.83. The monoisotopic (exact) mass is 434 g/mol. The number of pyridine rings is 1. The van der Waals surface area contributed by atoms with Crippen LogP contribution in [-0.2, 0) is 19.6 Å². The molecule has 0 aromatic carbocycles. The summed E-state index contributed by atoms with van der Waals surface area (Å²) in [5.41, 5.74) is 0. The van der Waals surface area contributed by atoms with E-state index < -0.39 is 10.0 Å². The number of hydrogen-bond donors (Lipinski definition) is 0. The van der Waals surface area contributed by atoms with Gasteiger partial charge in [-0.3, -0.25) is 14.6 Å². The largest absolute Gasteiger partial charge is 0.339 e. The average Bonchev–Trinajstić information content (AvgIpc) is 3.34. The minimum atomic E-state index is -3.56. The Labute approximate surface area is 178 Å². The Bertz CT molecular complexity index is 854. The highest BCUT2D eigenvalue weighted by atomic mass is 32.2. The summed E-state index contributed by atoms with van der Waals surface area (Å²) in [6.07, 6.45) is 8.24. The Morgan fingerprint density at radius 2 is 1.37 bits per heavy atom. The molecule has 0 spiro atoms. The predicted octanol–water partition coefficient (Wildman–Crippen LogP) is 1.34. The highest BCUT2D eigenvalue weighted by Crippen LogP contribution is 2.28. The van der Waals surface area contributed by atoms with E-state index >= 15 is 0 Å². The van der Waals surface area contributed by atoms with Crippen molar-refractivity contribution in [1.29, 1.82) is 0 Å². The van der Waals surface area contributed by atoms with Gasteiger partial charge in [0.15, 0.2) is 0 Å². The zero-order chi connectivity index (χ0) is 21.1. The molecule has 3 fully saturated rings. The number of nitrogens with zero attached hydrogens (tertiary/aromatic N) is 4. The Morgan fingerprint density at radius 3 is 1.87 bits per heavy atom. The van der Waals surface area contributed by atoms with Crippen molar-refractivity contribution in [1.82, 2.24) is 19.1 Å². The van der Waals surface area contributed by atoms with Crippen molar-refractivity contribution in [3.63, 3.8) is 0 Å². The molecule has 3 heterocycles. The van der Waals surface area contributed by atoms with Crippen LogP contribution in [-0.4, -0.2) is 78.6 Å². The van der Waals surface area contributed by atoms with Gasteiger partial charge >= 0.3 is 0 Å². The van der Waals surface area contributed by atoms with Gasteiger partial charge in [-0.1, -0.05) is 12.8 Å². The third kappa shape index (κ3) is 4.37. The average molecular weight is 435 g/mol. The van der Waals surface area contributed by atoms with Crippen molar-refractivity contribution in [2.24, 2.45) is 11.8 Å². The van der Waals surface area contributed by atoms with Crippen LogP contribution in [0.15, 0.2) is 29.4 Å². The standard InChI is InChI=1S/C21H30N4O4S/c26-20(17-4-1-2-5-17)23-12-14-24(15-13-23)21(27)18-7-10-25(11-8-18)30(28,29)19-6-3-9-22-16-19/h3,6,9,16-18H,1-2,4-5,7-8,10-15H2. The van der Waals surface area contributed by atoms with E-state index in [2.05, 4.69) is 4.98 Å². The number of piperidine rings is 1. The summed E-state index contributed by atoms with van der Waals surface area (Å²) in [4.78, 5) is 33.4. The number of piperazine rings is 1. The second-order valence-electron chi connectivity index (χ2n) is 8.50. The summed E-state index contributed by atoms with van der Waals surface area (Å²) in [5, 5.41) is 0. The van der Waals surface area contributed by atoms with Crippen LogP contribution in [0.3, 0.4) is 0 Å². The maximum absolute atomic E-state index is 13.0. The first-order valence-corrected chi connectivity index (χ1v) is 12.4. The van der Waals surface area contributed by atoms with Crippen molar-refractivity contribution in [2.75, 3.05) is 39.3 Å². The van der Waals surface area contributed by atoms with Crippen LogP contribution in [0.4, 0.5) is 0 Å². The zero-order valence-corrected chi connectivity index (χ0v) is 18.1. The molecule has 0 unspecified atom stereocenters. The van der Waals surface area contributed by atoms with Gasteiger partial charge in [0.05, 0.1) is 0 Å². The predicted molar refractivity (Wildman–Crippen MR) is 111 cm³/mol. The number of carbonyl (C=O) groups excluding carboxylic acids is 2. The maximum atomic E-state index is 13.0. The van der Waals surface area contributed by atoms with E-state index in [1.54, 1.807) is 18.3 Å². The summed E-state index contributed by atoms with van der Waals surface area (Å²) in [6.45, 7) is 3.04. The fourth-order valence-corrected chi connectivity index (χ4v) is 6.26. The highest BCUT2D eigenvalue weighted by molar-refractivity contribution is 7.89. The molecular formula is C21H30N4O4S. The normalized spacial score (nSPS) is 22.4. The molecule has 3 aliphatic rings. The van der Waals surface area contributed by atoms with E-state index in [0.717, 1.165) is 25.7 Å². The molecule has 1 aliphatic carbocycles. The number of aromatic nitrogens is 1. The Morgan fingerprint density at radius 1 is 0.833 bits per heavy atom. The van der Waals surface area contributed by atoms with Gasteiger partial charge in [0.1, 0.15) is 4.90 Å². The summed E-state index contributed by atoms with van der Waals surface area (Å²) >= 11 is 0. The smallest absolute Gasteiger partial charge is 0.244 e. The summed E-state index contributed by atoms with van der Waals surface area (Å²) in [5.74, 6) is 0.385. The van der Waals surface area contributed by atoms with E-state index in [1.165, 1.54) is 10.5 Å². The maximum Gasteiger partial charge on any atom is 0.244 e. The number of rotatable bonds is 4. The Balaban J connectivity index is 1.27. The lowest BCUT2D eigenvalue weighted by molar-refractivity contribution is -0.144. The SMILES string of the molecule is O=C(C1CCCC1)N1CCN(C(=O)C2CCN(S(=O)(=O)c3cccnc3)CC2)CC1. The van der Waals surface area contributed by atoms with Crippen molar-refractivity contribution >= 4 is 21.8 Å². The lowest BCUT2D eigenvalue weighted by Crippen LogP contribution is -2.54. The molecule has 4 rings (SSSR count). The van der Waals surface area contributed by atoms with Gasteiger partial charge in [-0.2, -0.15) is 4.31 Å². The van der Waals surface area contributed by atoms with E-state index in [4.69, 9.17) is 0 Å². The van der Waals surface area contributed by atoms with Gasteiger partial charge < -0.3 is 9.80 Å². The molecule has 1 saturated carbocycles. The first-order chi connectivity index (χ1) is 14.5. The van der Waals surface area contributed by atoms with Gasteiger partial charge in [0.25, 0.3) is 0 Å². The Kier molecular flexibility index (Phi) is 6.38. The van der Waals surface area contributed by atoms with Crippen molar-refractivity contribution in [3.05, 3.63) is 24.5 Å². The summed E-state index contributed by atoms with van der Waals surface area (Å²) in [6, 6.07) is 3.16. The van der Waals surface area contributed by atoms with Crippen LogP contribution in [0, 0.1) is 11.8 Å². The van der Waals surface area contributed by atoms with E-state index in [-0.39, 0.29) is 28.5 Å². The quantitative estimate of drug-likeness (QED) is 0.713. The molecule has 1 aromatic heterocycles. The van der Waals surface area contributed by atoms with Crippen molar-refractivity contribution in [2.45, 2.75) is 43.4 Å². The number of hydrogen-bond acceptors (Lipinski definition) is 5. The van der Waals surface area contributed by atoms with Crippen LogP contribution >= 0.6 is 0 Å². The van der Waals surface area contributed by atoms with Crippen LogP contribution in [0.5, 0.6) is 0 Å². The lowest BCUT2D eigenvalue weighted by atomic mass is 9.96. The minimum Gasteiger partial charge on any atom is -0.339 e. The highest BCUT2D eigenvalue weighted by Gasteiger charge is 2.36. The van der Waals surface area contributed by atoms with Gasteiger partial charge in [0, 0.05) is 63.5 Å². The lowest BCUT2D eigenvalue weighted by Gasteiger charge is -2.39. The van der Waals surface area contributed by atoms with E-state index in [9.17, 15) is 18.0 Å². The molecule has 2 saturated heterocycles. The molecule has 0 atom stereocenters. The molecule has 164 valence electrons. The molecule has 0 N–H and O–H groups in total. The van der Waals surface area contributed by atoms with E-state index in [0.29, 0.717) is 52.1 Å². The molecule has 8 nitrogen and oxygen atoms in total. The van der Waals surface area contributed by atoms with Crippen molar-refractivity contribution in [3.8, 4) is 0 Å². The zero-order valence-electron chi connectivity index (χ0n) is 17.3. The molecule has 9 heteroatoms. The second kappa shape index (κ2) is 9.01. The van der Waals surface area contributed by atoms with Gasteiger partial charge in [-0.05, 0) is 37.8 Å². The molecule has 2 aliphatic heterocycles. The van der Waals surface area contributed by atoms with E-state index in [1.807, 2.05) is 9.80 Å². The molecule has 1 aromatic rings. The van der Waals surface area contributed by atoms with Crippen LogP contribution in [0.1, 0.15) is 38.5 Å². The molecular weight excluding hydrogens is 404 g/mol. The molecule has 0 radical (unpaired) electrons. The van der Waals surface area contributed by atoms with Crippen LogP contribution in [0.25, 0.3) is 0 Å². The van der Waals surface area contributed by atoms with Crippen molar-refractivity contribution < 1.29 is 18.0 Å². The molecule has 30 heavy (non-hydrogen) atoms. The van der Waals surface area contributed by atoms with Gasteiger partial charge in [0.2, 0.25) is 21.8 Å². The van der Waals surface area contributed by atoms with Gasteiger partial charge in [-0.15, -0.1) is 0 Å². The number of sulfonamides is 1. The van der Waals surface area contributed by atoms with Crippen LogP contribution in [0.2, 0.25) is 0 Å². The van der Waals surface area contributed by atoms with Crippen LogP contribution < -0.4 is 0 Å².